The Morgan fingerprint density at radius 1 is 0.606 bits per heavy atom. The lowest BCUT2D eigenvalue weighted by atomic mass is 9.94. The van der Waals surface area contributed by atoms with Gasteiger partial charge in [-0.15, -0.1) is 0 Å². The Balaban J connectivity index is 2.42. The maximum absolute atomic E-state index is 12.0. The van der Waals surface area contributed by atoms with Crippen LogP contribution in [0.2, 0.25) is 0 Å². The number of phosphoric ester groups is 1. The molecule has 0 saturated carbocycles. The van der Waals surface area contributed by atoms with Crippen LogP contribution >= 0.6 is 7.82 Å². The highest BCUT2D eigenvalue weighted by molar-refractivity contribution is 7.87. The van der Waals surface area contributed by atoms with Gasteiger partial charge in [-0.25, -0.2) is 4.57 Å². The van der Waals surface area contributed by atoms with Gasteiger partial charge in [-0.3, -0.25) is 23.4 Å². The molecule has 0 saturated heterocycles. The van der Waals surface area contributed by atoms with Crippen molar-refractivity contribution in [2.75, 3.05) is 0 Å². The van der Waals surface area contributed by atoms with Crippen LogP contribution in [0, 0.1) is 0 Å². The average molecular weight is 538 g/mol. The minimum Gasteiger partial charge on any atom is -0.404 e. The van der Waals surface area contributed by atoms with Crippen LogP contribution in [-0.2, 0) is 34.9 Å². The lowest BCUT2D eigenvalue weighted by molar-refractivity contribution is 0.284. The van der Waals surface area contributed by atoms with E-state index in [1.165, 1.54) is 0 Å². The van der Waals surface area contributed by atoms with Crippen molar-refractivity contribution in [3.63, 3.8) is 0 Å². The van der Waals surface area contributed by atoms with Crippen LogP contribution in [0.5, 0.6) is 5.75 Å². The van der Waals surface area contributed by atoms with Crippen molar-refractivity contribution in [2.45, 2.75) is 14.7 Å². The van der Waals surface area contributed by atoms with E-state index < -0.39 is 58.6 Å². The van der Waals surface area contributed by atoms with Crippen LogP contribution < -0.4 is 4.52 Å². The summed E-state index contributed by atoms with van der Waals surface area (Å²) in [5.41, 5.74) is 0. The normalized spacial score (nSPS) is 13.8. The topological polar surface area (TPSA) is 230 Å². The maximum Gasteiger partial charge on any atom is 0.524 e. The van der Waals surface area contributed by atoms with Gasteiger partial charge in [0.15, 0.2) is 0 Å². The van der Waals surface area contributed by atoms with E-state index >= 15 is 0 Å². The first kappa shape index (κ1) is 23.7. The molecule has 0 atom stereocenters. The van der Waals surface area contributed by atoms with Crippen LogP contribution in [0.15, 0.2) is 51.1 Å². The first-order valence-corrected chi connectivity index (χ1v) is 14.2. The molecule has 0 aliphatic heterocycles. The Bertz CT molecular complexity index is 1800. The van der Waals surface area contributed by atoms with Gasteiger partial charge in [0.2, 0.25) is 0 Å². The zero-order valence-corrected chi connectivity index (χ0v) is 19.0. The number of benzene rings is 4. The molecule has 0 aliphatic carbocycles. The van der Waals surface area contributed by atoms with Crippen LogP contribution in [-0.4, -0.2) is 48.7 Å². The summed E-state index contributed by atoms with van der Waals surface area (Å²) in [4.78, 5) is 15.6. The molecule has 33 heavy (non-hydrogen) atoms. The van der Waals surface area contributed by atoms with Crippen LogP contribution in [0.25, 0.3) is 32.3 Å². The largest absolute Gasteiger partial charge is 0.524 e. The molecular formula is C16H11O13PS3. The van der Waals surface area contributed by atoms with E-state index in [1.807, 2.05) is 0 Å². The molecule has 17 heteroatoms. The van der Waals surface area contributed by atoms with Gasteiger partial charge in [0.25, 0.3) is 30.4 Å². The quantitative estimate of drug-likeness (QED) is 0.139. The van der Waals surface area contributed by atoms with Gasteiger partial charge in [-0.1, -0.05) is 18.2 Å². The molecule has 176 valence electrons. The van der Waals surface area contributed by atoms with E-state index in [2.05, 4.69) is 4.52 Å². The van der Waals surface area contributed by atoms with Crippen molar-refractivity contribution in [1.82, 2.24) is 0 Å². The van der Waals surface area contributed by atoms with Gasteiger partial charge in [0.1, 0.15) is 20.4 Å². The summed E-state index contributed by atoms with van der Waals surface area (Å²) in [6.07, 6.45) is 0. The molecule has 0 spiro atoms. The fourth-order valence-corrected chi connectivity index (χ4v) is 6.33. The fourth-order valence-electron chi connectivity index (χ4n) is 3.71. The van der Waals surface area contributed by atoms with Crippen molar-refractivity contribution in [3.8, 4) is 5.75 Å². The molecule has 5 N–H and O–H groups in total. The monoisotopic (exact) mass is 538 g/mol. The van der Waals surface area contributed by atoms with Crippen molar-refractivity contribution < 1.29 is 57.8 Å². The molecule has 0 amide bonds. The lowest BCUT2D eigenvalue weighted by Crippen LogP contribution is -2.07. The molecule has 0 heterocycles. The van der Waals surface area contributed by atoms with Crippen LogP contribution in [0.3, 0.4) is 0 Å². The van der Waals surface area contributed by atoms with Crippen molar-refractivity contribution in [3.05, 3.63) is 36.4 Å². The van der Waals surface area contributed by atoms with Gasteiger partial charge >= 0.3 is 7.82 Å². The van der Waals surface area contributed by atoms with Crippen molar-refractivity contribution in [1.29, 1.82) is 0 Å². The van der Waals surface area contributed by atoms with Gasteiger partial charge in [-0.05, 0) is 12.1 Å². The third-order valence-electron chi connectivity index (χ3n) is 4.80. The molecule has 0 bridgehead atoms. The summed E-state index contributed by atoms with van der Waals surface area (Å²) >= 11 is 0. The lowest BCUT2D eigenvalue weighted by Gasteiger charge is -2.18. The predicted octanol–water partition coefficient (Wildman–Crippen LogP) is 1.80. The number of phosphoric acid groups is 1. The molecule has 4 rings (SSSR count). The summed E-state index contributed by atoms with van der Waals surface area (Å²) in [5, 5.41) is -1.71. The zero-order chi connectivity index (χ0) is 24.7. The summed E-state index contributed by atoms with van der Waals surface area (Å²) < 4.78 is 117. The predicted molar refractivity (Wildman–Crippen MR) is 112 cm³/mol. The second-order valence-electron chi connectivity index (χ2n) is 6.82. The zero-order valence-electron chi connectivity index (χ0n) is 15.6. The van der Waals surface area contributed by atoms with Gasteiger partial charge in [0, 0.05) is 38.4 Å². The minimum absolute atomic E-state index is 0.201. The van der Waals surface area contributed by atoms with E-state index in [0.717, 1.165) is 24.3 Å². The Morgan fingerprint density at radius 2 is 0.939 bits per heavy atom. The third-order valence-corrected chi connectivity index (χ3v) is 7.91. The smallest absolute Gasteiger partial charge is 0.404 e. The molecule has 0 radical (unpaired) electrons. The summed E-state index contributed by atoms with van der Waals surface area (Å²) in [7, 11) is -20.5. The third kappa shape index (κ3) is 4.05. The van der Waals surface area contributed by atoms with E-state index in [4.69, 9.17) is 0 Å². The number of hydrogen-bond acceptors (Lipinski definition) is 8. The number of hydrogen-bond donors (Lipinski definition) is 5. The molecule has 0 aromatic heterocycles. The summed E-state index contributed by atoms with van der Waals surface area (Å²) in [6.45, 7) is 0. The standard InChI is InChI=1S/C16H11O13PS3/c17-30(18,19)29-11-5-12(31(20,21)22)8-3-4-10-14(33(26,27)28)6-13(32(23,24)25)9-2-1-7(11)15(8)16(9)10/h1-6H,(H2,17,18,19)(H,20,21,22)(H,23,24,25)(H,26,27,28). The van der Waals surface area contributed by atoms with Crippen molar-refractivity contribution in [2.24, 2.45) is 0 Å². The summed E-state index contributed by atoms with van der Waals surface area (Å²) in [6, 6.07) is 5.34. The van der Waals surface area contributed by atoms with E-state index in [9.17, 15) is 53.3 Å². The van der Waals surface area contributed by atoms with Crippen molar-refractivity contribution >= 4 is 70.5 Å². The Labute approximate surface area is 185 Å². The van der Waals surface area contributed by atoms with Gasteiger partial charge in [-0.2, -0.15) is 25.3 Å². The summed E-state index contributed by atoms with van der Waals surface area (Å²) in [5.74, 6) is -0.733. The molecule has 13 nitrogen and oxygen atoms in total. The molecule has 4 aromatic rings. The SMILES string of the molecule is O=P(O)(O)Oc1cc(S(=O)(=O)O)c2ccc3c(S(=O)(=O)O)cc(S(=O)(=O)O)c4ccc1c2c43. The molecule has 0 fully saturated rings. The second-order valence-corrected chi connectivity index (χ2v) is 12.2. The Hall–Kier alpha value is -2.40. The van der Waals surface area contributed by atoms with Gasteiger partial charge < -0.3 is 4.52 Å². The van der Waals surface area contributed by atoms with Crippen LogP contribution in [0.1, 0.15) is 0 Å². The van der Waals surface area contributed by atoms with E-state index in [0.29, 0.717) is 12.1 Å². The first-order chi connectivity index (χ1) is 14.9. The van der Waals surface area contributed by atoms with E-state index in [1.54, 1.807) is 0 Å². The first-order valence-electron chi connectivity index (χ1n) is 8.36. The minimum atomic E-state index is -5.27. The maximum atomic E-state index is 12.0. The Kier molecular flexibility index (Phi) is 5.07. The average Bonchev–Trinajstić information content (AvgIpc) is 2.62. The van der Waals surface area contributed by atoms with Gasteiger partial charge in [0.05, 0.1) is 0 Å². The van der Waals surface area contributed by atoms with Crippen LogP contribution in [0.4, 0.5) is 0 Å². The number of rotatable bonds is 5. The molecular weight excluding hydrogens is 527 g/mol. The van der Waals surface area contributed by atoms with E-state index in [-0.39, 0.29) is 32.3 Å². The highest BCUT2D eigenvalue weighted by Gasteiger charge is 2.29. The highest BCUT2D eigenvalue weighted by atomic mass is 32.2. The Morgan fingerprint density at radius 3 is 1.30 bits per heavy atom. The fraction of sp³-hybridized carbons (Fsp3) is 0. The highest BCUT2D eigenvalue weighted by Crippen LogP contribution is 2.48. The molecule has 0 unspecified atom stereocenters. The second kappa shape index (κ2) is 7.05. The molecule has 4 aromatic carbocycles. The molecule has 0 aliphatic rings.